The summed E-state index contributed by atoms with van der Waals surface area (Å²) >= 11 is 0. The van der Waals surface area contributed by atoms with Gasteiger partial charge in [-0.15, -0.1) is 0 Å². The van der Waals surface area contributed by atoms with E-state index in [-0.39, 0.29) is 6.23 Å². The molecule has 0 aliphatic carbocycles. The fourth-order valence-corrected chi connectivity index (χ4v) is 5.29. The van der Waals surface area contributed by atoms with Crippen LogP contribution in [0.25, 0.3) is 11.0 Å². The third-order valence-corrected chi connectivity index (χ3v) is 8.39. The highest BCUT2D eigenvalue weighted by atomic mass is 28.3. The van der Waals surface area contributed by atoms with Crippen molar-refractivity contribution in [2.24, 2.45) is 0 Å². The van der Waals surface area contributed by atoms with E-state index in [0.29, 0.717) is 11.6 Å². The first-order valence-corrected chi connectivity index (χ1v) is 16.1. The predicted molar refractivity (Wildman–Crippen MR) is 142 cm³/mol. The molecule has 1 aliphatic rings. The van der Waals surface area contributed by atoms with E-state index in [1.165, 1.54) is 5.56 Å². The van der Waals surface area contributed by atoms with Crippen LogP contribution in [0.2, 0.25) is 25.7 Å². The summed E-state index contributed by atoms with van der Waals surface area (Å²) < 4.78 is 8.21. The molecule has 1 aromatic carbocycles. The molecule has 1 unspecified atom stereocenters. The third-order valence-electron chi connectivity index (χ3n) is 6.69. The quantitative estimate of drug-likeness (QED) is 0.295. The van der Waals surface area contributed by atoms with Crippen LogP contribution in [0.3, 0.4) is 0 Å². The van der Waals surface area contributed by atoms with Gasteiger partial charge in [0, 0.05) is 58.1 Å². The number of likely N-dealkylation sites (tertiary alicyclic amines) is 1. The maximum Gasteiger partial charge on any atom is 0.153 e. The van der Waals surface area contributed by atoms with E-state index in [0.717, 1.165) is 68.1 Å². The molecule has 4 rings (SSSR count). The number of fused-ring (bicyclic) bond motifs is 1. The number of aromatic nitrogens is 2. The fourth-order valence-electron chi connectivity index (χ4n) is 4.56. The van der Waals surface area contributed by atoms with Gasteiger partial charge in [-0.2, -0.15) is 0 Å². The van der Waals surface area contributed by atoms with Crippen LogP contribution in [0, 0.1) is 0 Å². The number of hydrogen-bond donors (Lipinski definition) is 1. The van der Waals surface area contributed by atoms with Gasteiger partial charge in [-0.05, 0) is 37.4 Å². The lowest BCUT2D eigenvalue weighted by molar-refractivity contribution is 0.0272. The molecule has 6 nitrogen and oxygen atoms in total. The van der Waals surface area contributed by atoms with Crippen molar-refractivity contribution in [1.29, 1.82) is 0 Å². The van der Waals surface area contributed by atoms with Crippen LogP contribution in [-0.2, 0) is 11.3 Å². The minimum Gasteiger partial charge on any atom is -0.381 e. The second kappa shape index (κ2) is 10.8. The second-order valence-corrected chi connectivity index (χ2v) is 16.2. The zero-order chi connectivity index (χ0) is 24.1. The number of aldehydes is 1. The van der Waals surface area contributed by atoms with E-state index < -0.39 is 8.07 Å². The van der Waals surface area contributed by atoms with Crippen LogP contribution in [0.4, 0.5) is 5.69 Å². The lowest BCUT2D eigenvalue weighted by Crippen LogP contribution is -2.38. The smallest absolute Gasteiger partial charge is 0.153 e. The summed E-state index contributed by atoms with van der Waals surface area (Å²) in [5.74, 6) is 0. The number of nitrogens with zero attached hydrogens (tertiary/aromatic N) is 3. The van der Waals surface area contributed by atoms with E-state index in [1.54, 1.807) is 6.20 Å². The fraction of sp³-hybridized carbons (Fsp3) is 0.481. The average Bonchev–Trinajstić information content (AvgIpc) is 3.25. The minimum atomic E-state index is -1.14. The Kier molecular flexibility index (Phi) is 7.86. The Morgan fingerprint density at radius 2 is 1.91 bits per heavy atom. The number of benzene rings is 1. The molecule has 3 aromatic rings. The van der Waals surface area contributed by atoms with Gasteiger partial charge in [0.25, 0.3) is 0 Å². The first kappa shape index (κ1) is 24.6. The van der Waals surface area contributed by atoms with Crippen LogP contribution in [0.15, 0.2) is 48.8 Å². The highest BCUT2D eigenvalue weighted by molar-refractivity contribution is 6.76. The Labute approximate surface area is 204 Å². The number of ether oxygens (including phenoxy) is 1. The zero-order valence-corrected chi connectivity index (χ0v) is 22.0. The highest BCUT2D eigenvalue weighted by Gasteiger charge is 2.22. The lowest BCUT2D eigenvalue weighted by atomic mass is 10.0. The van der Waals surface area contributed by atoms with Gasteiger partial charge in [0.2, 0.25) is 0 Å². The number of pyridine rings is 1. The normalized spacial score (nSPS) is 16.6. The standard InChI is InChI=1S/C27H38N4O2Si/c1-21(33-16-17-34(2,3)4)31-15-12-25-26(23(20-32)18-28-27(25)31)29-24-10-13-30(14-11-24)19-22-8-6-5-7-9-22/h5-9,12,15,18,20-21,24H,10-11,13-14,16-17,19H2,1-4H3,(H,28,29). The average molecular weight is 479 g/mol. The van der Waals surface area contributed by atoms with Gasteiger partial charge in [-0.25, -0.2) is 4.98 Å². The van der Waals surface area contributed by atoms with Crippen molar-refractivity contribution in [3.63, 3.8) is 0 Å². The van der Waals surface area contributed by atoms with Gasteiger partial charge < -0.3 is 14.6 Å². The maximum atomic E-state index is 11.8. The maximum absolute atomic E-state index is 11.8. The molecule has 34 heavy (non-hydrogen) atoms. The van der Waals surface area contributed by atoms with Crippen molar-refractivity contribution in [3.8, 4) is 0 Å². The topological polar surface area (TPSA) is 59.4 Å². The van der Waals surface area contributed by atoms with E-state index in [4.69, 9.17) is 4.74 Å². The van der Waals surface area contributed by atoms with Crippen molar-refractivity contribution >= 4 is 31.1 Å². The van der Waals surface area contributed by atoms with Crippen molar-refractivity contribution in [2.45, 2.75) is 64.3 Å². The van der Waals surface area contributed by atoms with E-state index in [9.17, 15) is 4.79 Å². The first-order chi connectivity index (χ1) is 16.3. The Bertz CT molecular complexity index is 1090. The van der Waals surface area contributed by atoms with Crippen molar-refractivity contribution in [1.82, 2.24) is 14.5 Å². The Morgan fingerprint density at radius 3 is 2.59 bits per heavy atom. The monoisotopic (exact) mass is 478 g/mol. The molecule has 0 spiro atoms. The molecule has 0 amide bonds. The molecule has 1 aliphatic heterocycles. The first-order valence-electron chi connectivity index (χ1n) is 12.4. The molecular formula is C27H38N4O2Si. The SMILES string of the molecule is CC(OCC[Si](C)(C)C)n1ccc2c(NC3CCN(Cc4ccccc4)CC3)c(C=O)cnc21. The Balaban J connectivity index is 1.43. The number of carbonyl (C=O) groups excluding carboxylic acids is 1. The van der Waals surface area contributed by atoms with Gasteiger partial charge >= 0.3 is 0 Å². The van der Waals surface area contributed by atoms with Crippen molar-refractivity contribution in [3.05, 3.63) is 59.9 Å². The van der Waals surface area contributed by atoms with E-state index in [2.05, 4.69) is 82.7 Å². The summed E-state index contributed by atoms with van der Waals surface area (Å²) in [6, 6.07) is 14.2. The van der Waals surface area contributed by atoms with E-state index >= 15 is 0 Å². The number of piperidine rings is 1. The Morgan fingerprint density at radius 1 is 1.18 bits per heavy atom. The third kappa shape index (κ3) is 6.14. The minimum absolute atomic E-state index is 0.0995. The highest BCUT2D eigenvalue weighted by Crippen LogP contribution is 2.30. The molecule has 3 heterocycles. The molecule has 182 valence electrons. The second-order valence-electron chi connectivity index (χ2n) is 10.6. The summed E-state index contributed by atoms with van der Waals surface area (Å²) in [4.78, 5) is 18.9. The van der Waals surface area contributed by atoms with Crippen molar-refractivity contribution < 1.29 is 9.53 Å². The van der Waals surface area contributed by atoms with Crippen LogP contribution >= 0.6 is 0 Å². The lowest BCUT2D eigenvalue weighted by Gasteiger charge is -2.33. The molecular weight excluding hydrogens is 440 g/mol. The number of anilines is 1. The summed E-state index contributed by atoms with van der Waals surface area (Å²) in [6.45, 7) is 13.0. The number of carbonyl (C=O) groups is 1. The van der Waals surface area contributed by atoms with Gasteiger partial charge in [0.15, 0.2) is 6.29 Å². The summed E-state index contributed by atoms with van der Waals surface area (Å²) in [6.07, 6.45) is 6.62. The Hall–Kier alpha value is -2.48. The number of nitrogens with one attached hydrogen (secondary N) is 1. The molecule has 2 aromatic heterocycles. The molecule has 0 radical (unpaired) electrons. The molecule has 7 heteroatoms. The van der Waals surface area contributed by atoms with Gasteiger partial charge in [-0.3, -0.25) is 9.69 Å². The predicted octanol–water partition coefficient (Wildman–Crippen LogP) is 5.80. The molecule has 0 saturated carbocycles. The van der Waals surface area contributed by atoms with Gasteiger partial charge in [0.05, 0.1) is 11.3 Å². The van der Waals surface area contributed by atoms with Gasteiger partial charge in [0.1, 0.15) is 11.9 Å². The zero-order valence-electron chi connectivity index (χ0n) is 21.0. The van der Waals surface area contributed by atoms with Crippen LogP contribution in [0.5, 0.6) is 0 Å². The van der Waals surface area contributed by atoms with Crippen molar-refractivity contribution in [2.75, 3.05) is 25.0 Å². The molecule has 1 atom stereocenters. The molecule has 1 N–H and O–H groups in total. The molecule has 1 saturated heterocycles. The van der Waals surface area contributed by atoms with E-state index in [1.807, 2.05) is 6.20 Å². The van der Waals surface area contributed by atoms with Crippen LogP contribution < -0.4 is 5.32 Å². The number of hydrogen-bond acceptors (Lipinski definition) is 5. The van der Waals surface area contributed by atoms with Crippen LogP contribution in [0.1, 0.15) is 41.9 Å². The summed E-state index contributed by atoms with van der Waals surface area (Å²) in [5.41, 5.74) is 3.73. The van der Waals surface area contributed by atoms with Crippen LogP contribution in [-0.4, -0.2) is 54.5 Å². The summed E-state index contributed by atoms with van der Waals surface area (Å²) in [7, 11) is -1.14. The largest absolute Gasteiger partial charge is 0.381 e. The molecule has 1 fully saturated rings. The summed E-state index contributed by atoms with van der Waals surface area (Å²) in [5, 5.41) is 4.68. The number of rotatable bonds is 10. The molecule has 0 bridgehead atoms. The van der Waals surface area contributed by atoms with Gasteiger partial charge in [-0.1, -0.05) is 50.0 Å².